The minimum Gasteiger partial charge on any atom is -0.497 e. The number of hydrogen-bond donors (Lipinski definition) is 0. The fourth-order valence-corrected chi connectivity index (χ4v) is 2.09. The van der Waals surface area contributed by atoms with Gasteiger partial charge in [-0.25, -0.2) is 4.79 Å². The summed E-state index contributed by atoms with van der Waals surface area (Å²) in [7, 11) is 3.16. The van der Waals surface area contributed by atoms with Crippen LogP contribution in [0.2, 0.25) is 0 Å². The zero-order valence-corrected chi connectivity index (χ0v) is 14.8. The number of carbonyl (C=O) groups excluding carboxylic acids is 1. The minimum atomic E-state index is -0.613. The molecule has 138 valence electrons. The molecular weight excluding hydrogens is 336 g/mol. The van der Waals surface area contributed by atoms with Crippen LogP contribution in [0.3, 0.4) is 0 Å². The van der Waals surface area contributed by atoms with E-state index in [2.05, 4.69) is 6.58 Å². The van der Waals surface area contributed by atoms with Crippen molar-refractivity contribution in [3.63, 3.8) is 0 Å². The number of rotatable bonds is 10. The van der Waals surface area contributed by atoms with Crippen molar-refractivity contribution < 1.29 is 28.5 Å². The van der Waals surface area contributed by atoms with Crippen molar-refractivity contribution in [1.82, 2.24) is 0 Å². The fourth-order valence-electron chi connectivity index (χ4n) is 2.09. The second-order valence-electron chi connectivity index (χ2n) is 5.24. The van der Waals surface area contributed by atoms with E-state index in [0.29, 0.717) is 23.0 Å². The SMILES string of the molecule is C=CC(=O)OC(COc1cccc(OC)c1)COc1cccc(OC)c1. The van der Waals surface area contributed by atoms with Crippen LogP contribution >= 0.6 is 0 Å². The molecule has 0 N–H and O–H groups in total. The van der Waals surface area contributed by atoms with Gasteiger partial charge in [0.05, 0.1) is 14.2 Å². The number of carbonyl (C=O) groups is 1. The van der Waals surface area contributed by atoms with Gasteiger partial charge in [-0.3, -0.25) is 0 Å². The molecule has 0 amide bonds. The normalized spacial score (nSPS) is 10.1. The first kappa shape index (κ1) is 19.2. The van der Waals surface area contributed by atoms with Crippen LogP contribution in [0.5, 0.6) is 23.0 Å². The fraction of sp³-hybridized carbons (Fsp3) is 0.250. The number of methoxy groups -OCH3 is 2. The first-order valence-corrected chi connectivity index (χ1v) is 8.01. The molecule has 0 aliphatic rings. The molecule has 6 heteroatoms. The molecule has 2 aromatic carbocycles. The van der Waals surface area contributed by atoms with Crippen LogP contribution in [-0.2, 0) is 9.53 Å². The van der Waals surface area contributed by atoms with Gasteiger partial charge in [0.1, 0.15) is 36.2 Å². The Kier molecular flexibility index (Phi) is 7.36. The van der Waals surface area contributed by atoms with Gasteiger partial charge in [-0.05, 0) is 24.3 Å². The molecule has 0 aromatic heterocycles. The summed E-state index contributed by atoms with van der Waals surface area (Å²) in [5.41, 5.74) is 0. The van der Waals surface area contributed by atoms with Crippen molar-refractivity contribution in [2.45, 2.75) is 6.10 Å². The Hall–Kier alpha value is -3.15. The van der Waals surface area contributed by atoms with Gasteiger partial charge < -0.3 is 23.7 Å². The largest absolute Gasteiger partial charge is 0.497 e. The predicted octanol–water partition coefficient (Wildman–Crippen LogP) is 3.26. The van der Waals surface area contributed by atoms with Gasteiger partial charge in [-0.15, -0.1) is 0 Å². The number of hydrogen-bond acceptors (Lipinski definition) is 6. The third-order valence-corrected chi connectivity index (χ3v) is 3.40. The Morgan fingerprint density at radius 2 is 1.38 bits per heavy atom. The molecule has 0 saturated heterocycles. The lowest BCUT2D eigenvalue weighted by molar-refractivity contribution is -0.146. The third-order valence-electron chi connectivity index (χ3n) is 3.40. The summed E-state index contributed by atoms with van der Waals surface area (Å²) in [4.78, 5) is 11.6. The van der Waals surface area contributed by atoms with E-state index in [0.717, 1.165) is 6.08 Å². The molecule has 0 atom stereocenters. The van der Waals surface area contributed by atoms with E-state index in [1.54, 1.807) is 38.5 Å². The second-order valence-corrected chi connectivity index (χ2v) is 5.24. The first-order chi connectivity index (χ1) is 12.6. The van der Waals surface area contributed by atoms with Crippen LogP contribution in [0, 0.1) is 0 Å². The van der Waals surface area contributed by atoms with Gasteiger partial charge in [0.25, 0.3) is 0 Å². The van der Waals surface area contributed by atoms with Crippen molar-refractivity contribution in [1.29, 1.82) is 0 Å². The van der Waals surface area contributed by atoms with E-state index >= 15 is 0 Å². The molecule has 2 rings (SSSR count). The minimum absolute atomic E-state index is 0.122. The second kappa shape index (κ2) is 9.98. The molecule has 6 nitrogen and oxygen atoms in total. The predicted molar refractivity (Wildman–Crippen MR) is 97.1 cm³/mol. The molecule has 0 spiro atoms. The molecule has 0 radical (unpaired) electrons. The van der Waals surface area contributed by atoms with Gasteiger partial charge in [-0.1, -0.05) is 18.7 Å². The van der Waals surface area contributed by atoms with Crippen molar-refractivity contribution >= 4 is 5.97 Å². The van der Waals surface area contributed by atoms with Crippen LogP contribution in [-0.4, -0.2) is 39.5 Å². The van der Waals surface area contributed by atoms with Crippen LogP contribution in [0.1, 0.15) is 0 Å². The summed E-state index contributed by atoms with van der Waals surface area (Å²) >= 11 is 0. The molecule has 0 heterocycles. The number of esters is 1. The van der Waals surface area contributed by atoms with Gasteiger partial charge in [-0.2, -0.15) is 0 Å². The molecular formula is C20H22O6. The summed E-state index contributed by atoms with van der Waals surface area (Å²) in [5, 5.41) is 0. The number of ether oxygens (including phenoxy) is 5. The van der Waals surface area contributed by atoms with E-state index in [9.17, 15) is 4.79 Å². The Morgan fingerprint density at radius 1 is 0.923 bits per heavy atom. The van der Waals surface area contributed by atoms with Crippen molar-refractivity contribution in [2.75, 3.05) is 27.4 Å². The van der Waals surface area contributed by atoms with Gasteiger partial charge in [0.15, 0.2) is 6.10 Å². The maximum Gasteiger partial charge on any atom is 0.330 e. The third kappa shape index (κ3) is 6.05. The highest BCUT2D eigenvalue weighted by Crippen LogP contribution is 2.21. The van der Waals surface area contributed by atoms with E-state index in [-0.39, 0.29) is 13.2 Å². The first-order valence-electron chi connectivity index (χ1n) is 8.01. The highest BCUT2D eigenvalue weighted by molar-refractivity contribution is 5.81. The molecule has 26 heavy (non-hydrogen) atoms. The Bertz CT molecular complexity index is 676. The summed E-state index contributed by atoms with van der Waals surface area (Å²) in [6, 6.07) is 14.3. The summed E-state index contributed by atoms with van der Waals surface area (Å²) in [6.45, 7) is 3.65. The zero-order valence-electron chi connectivity index (χ0n) is 14.8. The summed E-state index contributed by atoms with van der Waals surface area (Å²) < 4.78 is 27.0. The van der Waals surface area contributed by atoms with Crippen LogP contribution in [0.15, 0.2) is 61.2 Å². The highest BCUT2D eigenvalue weighted by Gasteiger charge is 2.16. The maximum absolute atomic E-state index is 11.6. The average Bonchev–Trinajstić information content (AvgIpc) is 2.70. The van der Waals surface area contributed by atoms with Gasteiger partial charge in [0, 0.05) is 18.2 Å². The smallest absolute Gasteiger partial charge is 0.330 e. The molecule has 0 bridgehead atoms. The zero-order chi connectivity index (χ0) is 18.8. The Labute approximate surface area is 152 Å². The van der Waals surface area contributed by atoms with Crippen molar-refractivity contribution in [3.8, 4) is 23.0 Å². The van der Waals surface area contributed by atoms with Crippen LogP contribution < -0.4 is 18.9 Å². The van der Waals surface area contributed by atoms with Crippen LogP contribution in [0.4, 0.5) is 0 Å². The molecule has 0 saturated carbocycles. The molecule has 0 unspecified atom stereocenters. The van der Waals surface area contributed by atoms with Crippen molar-refractivity contribution in [2.24, 2.45) is 0 Å². The Morgan fingerprint density at radius 3 is 1.81 bits per heavy atom. The number of benzene rings is 2. The quantitative estimate of drug-likeness (QED) is 0.480. The molecule has 0 fully saturated rings. The van der Waals surface area contributed by atoms with Gasteiger partial charge >= 0.3 is 5.97 Å². The monoisotopic (exact) mass is 358 g/mol. The maximum atomic E-state index is 11.6. The molecule has 2 aromatic rings. The Balaban J connectivity index is 1.97. The van der Waals surface area contributed by atoms with Crippen LogP contribution in [0.25, 0.3) is 0 Å². The summed E-state index contributed by atoms with van der Waals surface area (Å²) in [5.74, 6) is 2.01. The molecule has 0 aliphatic heterocycles. The topological polar surface area (TPSA) is 63.2 Å². The highest BCUT2D eigenvalue weighted by atomic mass is 16.6. The van der Waals surface area contributed by atoms with E-state index in [1.165, 1.54) is 0 Å². The lowest BCUT2D eigenvalue weighted by atomic mass is 10.3. The standard InChI is InChI=1S/C20H22O6/c1-4-20(21)26-19(13-24-17-9-5-7-15(11-17)22-2)14-25-18-10-6-8-16(12-18)23-3/h4-12,19H,1,13-14H2,2-3H3. The summed E-state index contributed by atoms with van der Waals surface area (Å²) in [6.07, 6.45) is 0.488. The lowest BCUT2D eigenvalue weighted by Gasteiger charge is -2.19. The average molecular weight is 358 g/mol. The molecule has 0 aliphatic carbocycles. The van der Waals surface area contributed by atoms with E-state index < -0.39 is 12.1 Å². The lowest BCUT2D eigenvalue weighted by Crippen LogP contribution is -2.30. The van der Waals surface area contributed by atoms with E-state index in [1.807, 2.05) is 24.3 Å². The van der Waals surface area contributed by atoms with E-state index in [4.69, 9.17) is 23.7 Å². The van der Waals surface area contributed by atoms with Crippen molar-refractivity contribution in [3.05, 3.63) is 61.2 Å². The van der Waals surface area contributed by atoms with Gasteiger partial charge in [0.2, 0.25) is 0 Å².